The summed E-state index contributed by atoms with van der Waals surface area (Å²) in [4.78, 5) is 23.0. The van der Waals surface area contributed by atoms with Crippen LogP contribution < -0.4 is 5.32 Å². The summed E-state index contributed by atoms with van der Waals surface area (Å²) in [6, 6.07) is 4.46. The third-order valence-corrected chi connectivity index (χ3v) is 3.16. The van der Waals surface area contributed by atoms with Crippen molar-refractivity contribution in [3.8, 4) is 0 Å². The van der Waals surface area contributed by atoms with Crippen molar-refractivity contribution in [2.45, 2.75) is 45.8 Å². The van der Waals surface area contributed by atoms with Crippen molar-refractivity contribution in [2.24, 2.45) is 0 Å². The molecule has 0 aliphatic rings. The molecule has 1 unspecified atom stereocenters. The number of carboxylic acids is 1. The number of ether oxygens (including phenoxy) is 1. The number of hydrogen-bond donors (Lipinski definition) is 2. The molecule has 2 aromatic rings. The summed E-state index contributed by atoms with van der Waals surface area (Å²) in [7, 11) is 0. The highest BCUT2D eigenvalue weighted by molar-refractivity contribution is 5.90. The number of benzene rings is 1. The number of hydrogen-bond acceptors (Lipinski definition) is 4. The Bertz CT molecular complexity index is 730. The highest BCUT2D eigenvalue weighted by Gasteiger charge is 2.19. The van der Waals surface area contributed by atoms with Crippen molar-refractivity contribution in [2.75, 3.05) is 5.32 Å². The predicted molar refractivity (Wildman–Crippen MR) is 86.6 cm³/mol. The standard InChI is InChI=1S/C16H21N3O4/c1-5-13(14(20)21)19-9-10-8-11(6-7-12(10)18-19)17-15(22)23-16(2,3)4/h6-9,13H,5H2,1-4H3,(H,17,22)(H,20,21). The smallest absolute Gasteiger partial charge is 0.412 e. The van der Waals surface area contributed by atoms with E-state index in [9.17, 15) is 14.7 Å². The monoisotopic (exact) mass is 319 g/mol. The summed E-state index contributed by atoms with van der Waals surface area (Å²) in [6.07, 6.45) is 1.56. The maximum atomic E-state index is 11.8. The molecule has 1 heterocycles. The Morgan fingerprint density at radius 1 is 1.39 bits per heavy atom. The van der Waals surface area contributed by atoms with Gasteiger partial charge in [-0.1, -0.05) is 6.92 Å². The van der Waals surface area contributed by atoms with Crippen LogP contribution in [0.3, 0.4) is 0 Å². The summed E-state index contributed by atoms with van der Waals surface area (Å²) in [5, 5.41) is 16.9. The van der Waals surface area contributed by atoms with E-state index >= 15 is 0 Å². The van der Waals surface area contributed by atoms with Crippen molar-refractivity contribution in [1.29, 1.82) is 0 Å². The lowest BCUT2D eigenvalue weighted by molar-refractivity contribution is -0.141. The number of fused-ring (bicyclic) bond motifs is 1. The Labute approximate surface area is 134 Å². The number of nitrogens with zero attached hydrogens (tertiary/aromatic N) is 2. The quantitative estimate of drug-likeness (QED) is 0.900. The number of carbonyl (C=O) groups is 2. The molecule has 23 heavy (non-hydrogen) atoms. The second-order valence-electron chi connectivity index (χ2n) is 6.27. The number of aromatic nitrogens is 2. The third kappa shape index (κ3) is 4.21. The Kier molecular flexibility index (Phi) is 4.58. The van der Waals surface area contributed by atoms with Gasteiger partial charge in [-0.25, -0.2) is 9.59 Å². The van der Waals surface area contributed by atoms with E-state index in [1.807, 2.05) is 0 Å². The zero-order chi connectivity index (χ0) is 17.2. The van der Waals surface area contributed by atoms with Crippen LogP contribution in [0.4, 0.5) is 10.5 Å². The molecule has 0 aliphatic carbocycles. The molecule has 7 nitrogen and oxygen atoms in total. The van der Waals surface area contributed by atoms with Gasteiger partial charge in [-0.3, -0.25) is 10.00 Å². The van der Waals surface area contributed by atoms with Crippen LogP contribution >= 0.6 is 0 Å². The highest BCUT2D eigenvalue weighted by Crippen LogP contribution is 2.21. The Hall–Kier alpha value is -2.57. The molecular weight excluding hydrogens is 298 g/mol. The molecule has 2 rings (SSSR count). The molecule has 1 amide bonds. The molecule has 0 spiro atoms. The molecule has 0 bridgehead atoms. The highest BCUT2D eigenvalue weighted by atomic mass is 16.6. The van der Waals surface area contributed by atoms with E-state index in [1.54, 1.807) is 52.1 Å². The van der Waals surface area contributed by atoms with E-state index in [0.717, 1.165) is 5.39 Å². The fraction of sp³-hybridized carbons (Fsp3) is 0.438. The third-order valence-electron chi connectivity index (χ3n) is 3.16. The van der Waals surface area contributed by atoms with Gasteiger partial charge in [-0.05, 0) is 45.4 Å². The minimum absolute atomic E-state index is 0.437. The van der Waals surface area contributed by atoms with Crippen LogP contribution in [0.1, 0.15) is 40.2 Å². The van der Waals surface area contributed by atoms with Gasteiger partial charge in [-0.2, -0.15) is 5.10 Å². The molecule has 0 radical (unpaired) electrons. The molecule has 0 saturated carbocycles. The predicted octanol–water partition coefficient (Wildman–Crippen LogP) is 3.42. The minimum atomic E-state index is -0.924. The molecular formula is C16H21N3O4. The summed E-state index contributed by atoms with van der Waals surface area (Å²) in [6.45, 7) is 7.16. The van der Waals surface area contributed by atoms with E-state index in [1.165, 1.54) is 4.68 Å². The maximum absolute atomic E-state index is 11.8. The van der Waals surface area contributed by atoms with Crippen molar-refractivity contribution in [1.82, 2.24) is 9.78 Å². The van der Waals surface area contributed by atoms with Crippen LogP contribution in [0.25, 0.3) is 10.9 Å². The molecule has 1 atom stereocenters. The van der Waals surface area contributed by atoms with Gasteiger partial charge in [-0.15, -0.1) is 0 Å². The summed E-state index contributed by atoms with van der Waals surface area (Å²) in [5.41, 5.74) is 0.656. The second kappa shape index (κ2) is 6.28. The summed E-state index contributed by atoms with van der Waals surface area (Å²) < 4.78 is 6.63. The lowest BCUT2D eigenvalue weighted by atomic mass is 10.2. The Balaban J connectivity index is 2.22. The number of aliphatic carboxylic acids is 1. The second-order valence-corrected chi connectivity index (χ2v) is 6.27. The molecule has 0 aliphatic heterocycles. The largest absolute Gasteiger partial charge is 0.480 e. The van der Waals surface area contributed by atoms with Crippen LogP contribution in [0.15, 0.2) is 24.4 Å². The SMILES string of the molecule is CCC(C(=O)O)n1cc2cc(NC(=O)OC(C)(C)C)ccc2n1. The molecule has 1 aromatic heterocycles. The average Bonchev–Trinajstić information content (AvgIpc) is 2.79. The van der Waals surface area contributed by atoms with E-state index in [0.29, 0.717) is 17.6 Å². The number of carboxylic acid groups (broad SMARTS) is 1. The zero-order valence-corrected chi connectivity index (χ0v) is 13.7. The first-order chi connectivity index (χ1) is 10.7. The fourth-order valence-electron chi connectivity index (χ4n) is 2.18. The minimum Gasteiger partial charge on any atom is -0.480 e. The molecule has 0 fully saturated rings. The topological polar surface area (TPSA) is 93.5 Å². The van der Waals surface area contributed by atoms with E-state index in [-0.39, 0.29) is 0 Å². The van der Waals surface area contributed by atoms with Gasteiger partial charge in [0, 0.05) is 17.3 Å². The Morgan fingerprint density at radius 3 is 2.65 bits per heavy atom. The number of anilines is 1. The fourth-order valence-corrected chi connectivity index (χ4v) is 2.18. The lowest BCUT2D eigenvalue weighted by Crippen LogP contribution is -2.27. The molecule has 124 valence electrons. The van der Waals surface area contributed by atoms with E-state index < -0.39 is 23.7 Å². The van der Waals surface area contributed by atoms with Crippen LogP contribution in [-0.2, 0) is 9.53 Å². The molecule has 1 aromatic carbocycles. The van der Waals surface area contributed by atoms with Crippen LogP contribution in [0.5, 0.6) is 0 Å². The van der Waals surface area contributed by atoms with Crippen LogP contribution in [0, 0.1) is 0 Å². The number of nitrogens with one attached hydrogen (secondary N) is 1. The van der Waals surface area contributed by atoms with Gasteiger partial charge in [0.2, 0.25) is 0 Å². The van der Waals surface area contributed by atoms with E-state index in [4.69, 9.17) is 4.74 Å². The summed E-state index contributed by atoms with van der Waals surface area (Å²) in [5.74, 6) is -0.924. The number of carbonyl (C=O) groups excluding carboxylic acids is 1. The van der Waals surface area contributed by atoms with E-state index in [2.05, 4.69) is 10.4 Å². The van der Waals surface area contributed by atoms with Gasteiger partial charge in [0.05, 0.1) is 5.52 Å². The first-order valence-corrected chi connectivity index (χ1v) is 7.41. The molecule has 0 saturated heterocycles. The first-order valence-electron chi connectivity index (χ1n) is 7.41. The number of amides is 1. The van der Waals surface area contributed by atoms with Gasteiger partial charge >= 0.3 is 12.1 Å². The van der Waals surface area contributed by atoms with Crippen molar-refractivity contribution in [3.05, 3.63) is 24.4 Å². The Morgan fingerprint density at radius 2 is 2.09 bits per heavy atom. The maximum Gasteiger partial charge on any atom is 0.412 e. The average molecular weight is 319 g/mol. The molecule has 7 heteroatoms. The van der Waals surface area contributed by atoms with Gasteiger partial charge in [0.1, 0.15) is 11.6 Å². The van der Waals surface area contributed by atoms with Crippen molar-refractivity contribution in [3.63, 3.8) is 0 Å². The van der Waals surface area contributed by atoms with Gasteiger partial charge < -0.3 is 9.84 Å². The van der Waals surface area contributed by atoms with Crippen LogP contribution in [-0.4, -0.2) is 32.6 Å². The van der Waals surface area contributed by atoms with Crippen molar-refractivity contribution >= 4 is 28.7 Å². The van der Waals surface area contributed by atoms with Crippen molar-refractivity contribution < 1.29 is 19.4 Å². The number of rotatable bonds is 4. The molecule has 2 N–H and O–H groups in total. The zero-order valence-electron chi connectivity index (χ0n) is 13.7. The van der Waals surface area contributed by atoms with Gasteiger partial charge in [0.25, 0.3) is 0 Å². The van der Waals surface area contributed by atoms with Gasteiger partial charge in [0.15, 0.2) is 0 Å². The lowest BCUT2D eigenvalue weighted by Gasteiger charge is -2.19. The first kappa shape index (κ1) is 16.8. The normalized spacial score (nSPS) is 12.9. The van der Waals surface area contributed by atoms with Crippen LogP contribution in [0.2, 0.25) is 0 Å². The summed E-state index contributed by atoms with van der Waals surface area (Å²) >= 11 is 0.